The lowest BCUT2D eigenvalue weighted by Crippen LogP contribution is -2.14. The van der Waals surface area contributed by atoms with Crippen molar-refractivity contribution in [1.29, 1.82) is 0 Å². The molecule has 0 saturated carbocycles. The van der Waals surface area contributed by atoms with Crippen LogP contribution in [0.1, 0.15) is 21.6 Å². The molecule has 2 rings (SSSR count). The second-order valence-electron chi connectivity index (χ2n) is 3.59. The van der Waals surface area contributed by atoms with Crippen molar-refractivity contribution in [3.05, 3.63) is 65.5 Å². The lowest BCUT2D eigenvalue weighted by molar-refractivity contribution is -0.137. The van der Waals surface area contributed by atoms with Gasteiger partial charge in [-0.2, -0.15) is 13.2 Å². The molecular formula is C13H10Cl2F3NO. The van der Waals surface area contributed by atoms with Crippen LogP contribution in [-0.4, -0.2) is 10.8 Å². The number of hydrogen-bond donors (Lipinski definition) is 0. The van der Waals surface area contributed by atoms with Crippen LogP contribution in [0.5, 0.6) is 0 Å². The lowest BCUT2D eigenvalue weighted by atomic mass is 10.0. The zero-order chi connectivity index (χ0) is 13.2. The van der Waals surface area contributed by atoms with Crippen molar-refractivity contribution < 1.29 is 18.0 Å². The van der Waals surface area contributed by atoms with Gasteiger partial charge in [0, 0.05) is 11.8 Å². The fourth-order valence-corrected chi connectivity index (χ4v) is 1.56. The van der Waals surface area contributed by atoms with Gasteiger partial charge in [0.2, 0.25) is 5.78 Å². The maximum absolute atomic E-state index is 12.8. The highest BCUT2D eigenvalue weighted by molar-refractivity contribution is 6.08. The predicted molar refractivity (Wildman–Crippen MR) is 73.6 cm³/mol. The summed E-state index contributed by atoms with van der Waals surface area (Å²) in [6.07, 6.45) is -3.19. The maximum atomic E-state index is 12.8. The third-order valence-corrected chi connectivity index (χ3v) is 2.37. The van der Waals surface area contributed by atoms with Crippen LogP contribution in [0.4, 0.5) is 13.2 Å². The smallest absolute Gasteiger partial charge is 0.287 e. The van der Waals surface area contributed by atoms with Gasteiger partial charge in [-0.25, -0.2) is 0 Å². The summed E-state index contributed by atoms with van der Waals surface area (Å²) in [5, 5.41) is 0. The van der Waals surface area contributed by atoms with Crippen molar-refractivity contribution in [1.82, 2.24) is 4.98 Å². The lowest BCUT2D eigenvalue weighted by Gasteiger charge is -2.11. The molecule has 108 valence electrons. The number of nitrogens with zero attached hydrogens (tertiary/aromatic N) is 1. The van der Waals surface area contributed by atoms with Crippen LogP contribution in [0.3, 0.4) is 0 Å². The minimum absolute atomic E-state index is 0. The van der Waals surface area contributed by atoms with Crippen molar-refractivity contribution in [3.63, 3.8) is 0 Å². The molecular weight excluding hydrogens is 314 g/mol. The Bertz CT molecular complexity index is 573. The number of carbonyl (C=O) groups excluding carboxylic acids is 1. The first-order chi connectivity index (χ1) is 8.50. The zero-order valence-corrected chi connectivity index (χ0v) is 11.6. The van der Waals surface area contributed by atoms with Crippen LogP contribution in [0.15, 0.2) is 48.7 Å². The minimum Gasteiger partial charge on any atom is -0.287 e. The van der Waals surface area contributed by atoms with Crippen LogP contribution in [-0.2, 0) is 6.18 Å². The predicted octanol–water partition coefficient (Wildman–Crippen LogP) is 4.18. The first-order valence-electron chi connectivity index (χ1n) is 5.12. The number of carbonyl (C=O) groups is 1. The highest BCUT2D eigenvalue weighted by atomic mass is 35.5. The first kappa shape index (κ1) is 18.4. The van der Waals surface area contributed by atoms with Crippen molar-refractivity contribution in [3.8, 4) is 0 Å². The van der Waals surface area contributed by atoms with E-state index < -0.39 is 17.5 Å². The second-order valence-corrected chi connectivity index (χ2v) is 3.59. The fourth-order valence-electron chi connectivity index (χ4n) is 1.56. The summed E-state index contributed by atoms with van der Waals surface area (Å²) in [6, 6.07) is 9.21. The van der Waals surface area contributed by atoms with Crippen molar-refractivity contribution in [2.24, 2.45) is 0 Å². The van der Waals surface area contributed by atoms with Crippen molar-refractivity contribution >= 4 is 30.6 Å². The van der Waals surface area contributed by atoms with E-state index in [1.807, 2.05) is 0 Å². The Morgan fingerprint density at radius 2 is 1.55 bits per heavy atom. The van der Waals surface area contributed by atoms with Gasteiger partial charge < -0.3 is 0 Å². The standard InChI is InChI=1S/C13H8F3NO.2ClH/c14-13(15,16)10-6-2-1-5-9(10)12(18)11-7-3-4-8-17-11;;/h1-8H;2*1H. The number of ketones is 1. The van der Waals surface area contributed by atoms with E-state index in [-0.39, 0.29) is 36.1 Å². The fraction of sp³-hybridized carbons (Fsp3) is 0.0769. The van der Waals surface area contributed by atoms with E-state index >= 15 is 0 Å². The molecule has 0 fully saturated rings. The molecule has 1 aromatic carbocycles. The molecule has 0 radical (unpaired) electrons. The molecule has 2 nitrogen and oxygen atoms in total. The Labute approximate surface area is 125 Å². The van der Waals surface area contributed by atoms with Crippen LogP contribution in [0.2, 0.25) is 0 Å². The number of rotatable bonds is 2. The third-order valence-electron chi connectivity index (χ3n) is 2.37. The van der Waals surface area contributed by atoms with Gasteiger partial charge in [0.05, 0.1) is 5.56 Å². The molecule has 2 aromatic rings. The summed E-state index contributed by atoms with van der Waals surface area (Å²) in [7, 11) is 0. The molecule has 20 heavy (non-hydrogen) atoms. The van der Waals surface area contributed by atoms with E-state index in [4.69, 9.17) is 0 Å². The Kier molecular flexibility index (Phi) is 6.68. The summed E-state index contributed by atoms with van der Waals surface area (Å²) in [5.41, 5.74) is -1.33. The molecule has 0 saturated heterocycles. The van der Waals surface area contributed by atoms with Gasteiger partial charge in [0.1, 0.15) is 5.69 Å². The van der Waals surface area contributed by atoms with Gasteiger partial charge in [-0.1, -0.05) is 24.3 Å². The first-order valence-corrected chi connectivity index (χ1v) is 5.12. The average molecular weight is 324 g/mol. The normalized spacial score (nSPS) is 10.2. The van der Waals surface area contributed by atoms with E-state index in [0.717, 1.165) is 12.1 Å². The van der Waals surface area contributed by atoms with Crippen LogP contribution >= 0.6 is 24.8 Å². The summed E-state index contributed by atoms with van der Waals surface area (Å²) in [4.78, 5) is 15.7. The highest BCUT2D eigenvalue weighted by Crippen LogP contribution is 2.32. The number of halogens is 5. The maximum Gasteiger partial charge on any atom is 0.417 e. The van der Waals surface area contributed by atoms with E-state index in [1.54, 1.807) is 12.1 Å². The largest absolute Gasteiger partial charge is 0.417 e. The molecule has 0 bridgehead atoms. The van der Waals surface area contributed by atoms with Gasteiger partial charge in [-0.3, -0.25) is 9.78 Å². The Morgan fingerprint density at radius 1 is 0.950 bits per heavy atom. The Morgan fingerprint density at radius 3 is 2.10 bits per heavy atom. The molecule has 0 N–H and O–H groups in total. The molecule has 0 unspecified atom stereocenters. The summed E-state index contributed by atoms with van der Waals surface area (Å²) < 4.78 is 38.3. The van der Waals surface area contributed by atoms with Gasteiger partial charge in [-0.15, -0.1) is 24.8 Å². The third kappa shape index (κ3) is 3.95. The average Bonchev–Trinajstić information content (AvgIpc) is 2.38. The molecule has 1 heterocycles. The van der Waals surface area contributed by atoms with Gasteiger partial charge in [-0.05, 0) is 18.2 Å². The Hall–Kier alpha value is -1.59. The number of hydrogen-bond acceptors (Lipinski definition) is 2. The van der Waals surface area contributed by atoms with Crippen LogP contribution in [0, 0.1) is 0 Å². The van der Waals surface area contributed by atoms with E-state index in [1.165, 1.54) is 24.4 Å². The topological polar surface area (TPSA) is 30.0 Å². The highest BCUT2D eigenvalue weighted by Gasteiger charge is 2.35. The second kappa shape index (κ2) is 7.26. The molecule has 0 spiro atoms. The summed E-state index contributed by atoms with van der Waals surface area (Å²) in [5.74, 6) is -0.733. The van der Waals surface area contributed by atoms with Crippen LogP contribution < -0.4 is 0 Å². The number of aromatic nitrogens is 1. The summed E-state index contributed by atoms with van der Waals surface area (Å²) >= 11 is 0. The molecule has 0 aliphatic heterocycles. The van der Waals surface area contributed by atoms with Gasteiger partial charge >= 0.3 is 6.18 Å². The molecule has 0 amide bonds. The van der Waals surface area contributed by atoms with Crippen molar-refractivity contribution in [2.45, 2.75) is 6.18 Å². The minimum atomic E-state index is -4.55. The van der Waals surface area contributed by atoms with Crippen molar-refractivity contribution in [2.75, 3.05) is 0 Å². The van der Waals surface area contributed by atoms with Crippen LogP contribution in [0.25, 0.3) is 0 Å². The SMILES string of the molecule is Cl.Cl.O=C(c1ccccn1)c1ccccc1C(F)(F)F. The molecule has 7 heteroatoms. The molecule has 1 aromatic heterocycles. The summed E-state index contributed by atoms with van der Waals surface area (Å²) in [6.45, 7) is 0. The number of pyridine rings is 1. The molecule has 0 aliphatic rings. The van der Waals surface area contributed by atoms with E-state index in [9.17, 15) is 18.0 Å². The number of benzene rings is 1. The molecule has 0 aliphatic carbocycles. The van der Waals surface area contributed by atoms with Gasteiger partial charge in [0.15, 0.2) is 0 Å². The van der Waals surface area contributed by atoms with Gasteiger partial charge in [0.25, 0.3) is 0 Å². The monoisotopic (exact) mass is 323 g/mol. The number of alkyl halides is 3. The quantitative estimate of drug-likeness (QED) is 0.776. The zero-order valence-electron chi connectivity index (χ0n) is 9.92. The Balaban J connectivity index is 0.00000180. The molecule has 0 atom stereocenters. The van der Waals surface area contributed by atoms with E-state index in [0.29, 0.717) is 0 Å². The van der Waals surface area contributed by atoms with E-state index in [2.05, 4.69) is 4.98 Å².